The van der Waals surface area contributed by atoms with Crippen molar-refractivity contribution in [2.75, 3.05) is 11.9 Å². The normalized spacial score (nSPS) is 10.9. The Morgan fingerprint density at radius 2 is 1.67 bits per heavy atom. The Hall–Kier alpha value is -3.93. The van der Waals surface area contributed by atoms with Crippen LogP contribution in [0.15, 0.2) is 72.8 Å². The molecule has 4 rings (SSSR count). The van der Waals surface area contributed by atoms with E-state index in [2.05, 4.69) is 36.2 Å². The van der Waals surface area contributed by atoms with E-state index < -0.39 is 0 Å². The maximum absolute atomic E-state index is 12.6. The molecule has 6 nitrogen and oxygen atoms in total. The summed E-state index contributed by atoms with van der Waals surface area (Å²) in [7, 11) is 0. The number of aryl methyl sites for hydroxylation is 2. The number of rotatable bonds is 7. The molecule has 0 unspecified atom stereocenters. The highest BCUT2D eigenvalue weighted by Gasteiger charge is 2.16. The fraction of sp³-hybridized carbons (Fsp3) is 0.222. The zero-order valence-electron chi connectivity index (χ0n) is 19.4. The van der Waals surface area contributed by atoms with Crippen molar-refractivity contribution in [3.8, 4) is 23.1 Å². The summed E-state index contributed by atoms with van der Waals surface area (Å²) >= 11 is 0. The summed E-state index contributed by atoms with van der Waals surface area (Å²) < 4.78 is 7.56. The quantitative estimate of drug-likeness (QED) is 0.392. The molecule has 0 bridgehead atoms. The van der Waals surface area contributed by atoms with Crippen LogP contribution in [-0.4, -0.2) is 27.3 Å². The highest BCUT2D eigenvalue weighted by Crippen LogP contribution is 2.25. The summed E-state index contributed by atoms with van der Waals surface area (Å²) in [4.78, 5) is 17.3. The number of hydrogen-bond acceptors (Lipinski definition) is 4. The van der Waals surface area contributed by atoms with Gasteiger partial charge in [0.2, 0.25) is 0 Å². The Balaban J connectivity index is 1.61. The maximum Gasteiger partial charge on any atom is 0.336 e. The lowest BCUT2D eigenvalue weighted by Crippen LogP contribution is -2.13. The summed E-state index contributed by atoms with van der Waals surface area (Å²) in [5.41, 5.74) is 5.25. The van der Waals surface area contributed by atoms with E-state index in [1.54, 1.807) is 4.68 Å². The summed E-state index contributed by atoms with van der Waals surface area (Å²) in [6.07, 6.45) is 0. The smallest absolute Gasteiger partial charge is 0.336 e. The summed E-state index contributed by atoms with van der Waals surface area (Å²) in [6.45, 7) is 8.69. The molecule has 0 saturated carbocycles. The Bertz CT molecular complexity index is 1240. The number of carbonyl (C=O) groups is 1. The minimum absolute atomic E-state index is 0.133. The minimum Gasteiger partial charge on any atom is -0.462 e. The van der Waals surface area contributed by atoms with E-state index >= 15 is 0 Å². The van der Waals surface area contributed by atoms with Gasteiger partial charge in [0.25, 0.3) is 5.91 Å². The molecule has 0 aliphatic heterocycles. The van der Waals surface area contributed by atoms with Gasteiger partial charge < -0.3 is 10.1 Å². The number of amides is 1. The molecule has 1 amide bonds. The van der Waals surface area contributed by atoms with Gasteiger partial charge in [0.1, 0.15) is 0 Å². The Labute approximate surface area is 194 Å². The van der Waals surface area contributed by atoms with Gasteiger partial charge in [-0.25, -0.2) is 4.68 Å². The van der Waals surface area contributed by atoms with E-state index in [4.69, 9.17) is 4.74 Å². The van der Waals surface area contributed by atoms with Gasteiger partial charge >= 0.3 is 6.01 Å². The molecule has 6 heteroatoms. The van der Waals surface area contributed by atoms with Crippen molar-refractivity contribution in [2.24, 2.45) is 5.92 Å². The number of nitrogens with zero attached hydrogens (tertiary/aromatic N) is 3. The van der Waals surface area contributed by atoms with E-state index in [0.717, 1.165) is 16.8 Å². The van der Waals surface area contributed by atoms with E-state index in [0.29, 0.717) is 35.6 Å². The third kappa shape index (κ3) is 5.29. The third-order valence-corrected chi connectivity index (χ3v) is 5.20. The Kier molecular flexibility index (Phi) is 6.54. The zero-order chi connectivity index (χ0) is 23.4. The van der Waals surface area contributed by atoms with Gasteiger partial charge in [0.05, 0.1) is 12.3 Å². The molecule has 0 atom stereocenters. The SMILES string of the molecule is Cc1ccc(-c2nc(OCC(C)C)nn2-c2ccc(NC(=O)c3ccccc3C)cc2)cc1. The monoisotopic (exact) mass is 440 g/mol. The second-order valence-electron chi connectivity index (χ2n) is 8.52. The van der Waals surface area contributed by atoms with E-state index in [1.165, 1.54) is 5.56 Å². The molecule has 4 aromatic rings. The van der Waals surface area contributed by atoms with Gasteiger partial charge in [-0.15, -0.1) is 5.10 Å². The van der Waals surface area contributed by atoms with Crippen LogP contribution in [0.2, 0.25) is 0 Å². The van der Waals surface area contributed by atoms with Crippen LogP contribution >= 0.6 is 0 Å². The van der Waals surface area contributed by atoms with Crippen molar-refractivity contribution >= 4 is 11.6 Å². The van der Waals surface area contributed by atoms with Gasteiger partial charge in [0, 0.05) is 16.8 Å². The number of benzene rings is 3. The van der Waals surface area contributed by atoms with Crippen molar-refractivity contribution in [3.05, 3.63) is 89.5 Å². The van der Waals surface area contributed by atoms with Crippen molar-refractivity contribution in [3.63, 3.8) is 0 Å². The van der Waals surface area contributed by atoms with Gasteiger partial charge in [-0.3, -0.25) is 4.79 Å². The molecule has 1 heterocycles. The number of ether oxygens (including phenoxy) is 1. The highest BCUT2D eigenvalue weighted by atomic mass is 16.5. The third-order valence-electron chi connectivity index (χ3n) is 5.20. The van der Waals surface area contributed by atoms with E-state index in [1.807, 2.05) is 79.7 Å². The van der Waals surface area contributed by atoms with Gasteiger partial charge in [-0.2, -0.15) is 4.98 Å². The number of anilines is 1. The topological polar surface area (TPSA) is 69.0 Å². The Morgan fingerprint density at radius 1 is 0.970 bits per heavy atom. The highest BCUT2D eigenvalue weighted by molar-refractivity contribution is 6.05. The van der Waals surface area contributed by atoms with Crippen LogP contribution in [-0.2, 0) is 0 Å². The van der Waals surface area contributed by atoms with Gasteiger partial charge in [0.15, 0.2) is 5.82 Å². The molecule has 0 fully saturated rings. The summed E-state index contributed by atoms with van der Waals surface area (Å²) in [6, 6.07) is 23.6. The lowest BCUT2D eigenvalue weighted by atomic mass is 10.1. The predicted molar refractivity (Wildman–Crippen MR) is 131 cm³/mol. The molecule has 0 saturated heterocycles. The van der Waals surface area contributed by atoms with Gasteiger partial charge in [-0.1, -0.05) is 61.9 Å². The van der Waals surface area contributed by atoms with Crippen LogP contribution in [0.25, 0.3) is 17.1 Å². The molecule has 0 spiro atoms. The average Bonchev–Trinajstić information content (AvgIpc) is 3.23. The van der Waals surface area contributed by atoms with Crippen LogP contribution in [0.5, 0.6) is 6.01 Å². The molecule has 0 aliphatic rings. The van der Waals surface area contributed by atoms with Crippen LogP contribution in [0, 0.1) is 19.8 Å². The van der Waals surface area contributed by atoms with Crippen molar-refractivity contribution in [1.82, 2.24) is 14.8 Å². The van der Waals surface area contributed by atoms with Crippen molar-refractivity contribution in [1.29, 1.82) is 0 Å². The lowest BCUT2D eigenvalue weighted by molar-refractivity contribution is 0.102. The van der Waals surface area contributed by atoms with Crippen LogP contribution in [0.3, 0.4) is 0 Å². The first-order valence-electron chi connectivity index (χ1n) is 11.0. The molecule has 168 valence electrons. The molecule has 3 aromatic carbocycles. The first-order valence-corrected chi connectivity index (χ1v) is 11.0. The Morgan fingerprint density at radius 3 is 2.33 bits per heavy atom. The molecular weight excluding hydrogens is 412 g/mol. The van der Waals surface area contributed by atoms with Crippen molar-refractivity contribution < 1.29 is 9.53 Å². The fourth-order valence-corrected chi connectivity index (χ4v) is 3.38. The summed E-state index contributed by atoms with van der Waals surface area (Å²) in [5, 5.41) is 7.56. The first-order chi connectivity index (χ1) is 15.9. The first kappa shape index (κ1) is 22.3. The molecular formula is C27H28N4O2. The summed E-state index contributed by atoms with van der Waals surface area (Å²) in [5.74, 6) is 0.938. The van der Waals surface area contributed by atoms with Crippen LogP contribution in [0.1, 0.15) is 35.3 Å². The van der Waals surface area contributed by atoms with Crippen LogP contribution in [0.4, 0.5) is 5.69 Å². The molecule has 1 N–H and O–H groups in total. The largest absolute Gasteiger partial charge is 0.462 e. The molecule has 33 heavy (non-hydrogen) atoms. The number of aromatic nitrogens is 3. The van der Waals surface area contributed by atoms with E-state index in [9.17, 15) is 4.79 Å². The second-order valence-corrected chi connectivity index (χ2v) is 8.52. The standard InChI is InChI=1S/C27H28N4O2/c1-18(2)17-33-27-29-25(21-11-9-19(3)10-12-21)31(30-27)23-15-13-22(14-16-23)28-26(32)24-8-6-5-7-20(24)4/h5-16,18H,17H2,1-4H3,(H,28,32). The van der Waals surface area contributed by atoms with E-state index in [-0.39, 0.29) is 5.91 Å². The maximum atomic E-state index is 12.6. The second kappa shape index (κ2) is 9.69. The predicted octanol–water partition coefficient (Wildman–Crippen LogP) is 5.84. The molecule has 1 aromatic heterocycles. The average molecular weight is 441 g/mol. The minimum atomic E-state index is -0.133. The van der Waals surface area contributed by atoms with Crippen LogP contribution < -0.4 is 10.1 Å². The lowest BCUT2D eigenvalue weighted by Gasteiger charge is -2.10. The number of hydrogen-bond donors (Lipinski definition) is 1. The zero-order valence-corrected chi connectivity index (χ0v) is 19.4. The van der Waals surface area contributed by atoms with Gasteiger partial charge in [-0.05, 0) is 55.7 Å². The van der Waals surface area contributed by atoms with Crippen molar-refractivity contribution in [2.45, 2.75) is 27.7 Å². The number of carbonyl (C=O) groups excluding carboxylic acids is 1. The number of nitrogens with one attached hydrogen (secondary N) is 1. The molecule has 0 aliphatic carbocycles. The molecule has 0 radical (unpaired) electrons. The fourth-order valence-electron chi connectivity index (χ4n) is 3.38.